The number of aromatic nitrogens is 2. The number of hydrogen-bond acceptors (Lipinski definition) is 2. The van der Waals surface area contributed by atoms with E-state index in [4.69, 9.17) is 0 Å². The minimum Gasteiger partial charge on any atom is -0.385 e. The lowest BCUT2D eigenvalue weighted by atomic mass is 9.91. The number of halogens is 1. The molecule has 0 amide bonds. The second-order valence-corrected chi connectivity index (χ2v) is 5.56. The van der Waals surface area contributed by atoms with Crippen LogP contribution < -0.4 is 0 Å². The van der Waals surface area contributed by atoms with Crippen molar-refractivity contribution in [3.8, 4) is 0 Å². The Bertz CT molecular complexity index is 534. The normalized spacial score (nSPS) is 14.4. The summed E-state index contributed by atoms with van der Waals surface area (Å²) in [5, 5.41) is 10.6. The third-order valence-corrected chi connectivity index (χ3v) is 3.90. The van der Waals surface area contributed by atoms with Crippen LogP contribution in [0.15, 0.2) is 41.1 Å². The third-order valence-electron chi connectivity index (χ3n) is 3.21. The van der Waals surface area contributed by atoms with Gasteiger partial charge in [-0.05, 0) is 25.0 Å². The summed E-state index contributed by atoms with van der Waals surface area (Å²) in [7, 11) is 1.97. The predicted octanol–water partition coefficient (Wildman–Crippen LogP) is 3.02. The summed E-state index contributed by atoms with van der Waals surface area (Å²) in [5.74, 6) is 0.988. The van der Waals surface area contributed by atoms with Crippen molar-refractivity contribution in [1.82, 2.24) is 9.55 Å². The standard InChI is InChI=1S/C14H17BrN2O/c1-14(18,11-5-3-4-6-12(11)15)8-7-13-16-9-10-17(13)2/h3-6,9-10,18H,7-8H2,1-2H3. The highest BCUT2D eigenvalue weighted by molar-refractivity contribution is 9.10. The quantitative estimate of drug-likeness (QED) is 0.943. The molecule has 96 valence electrons. The zero-order valence-electron chi connectivity index (χ0n) is 10.6. The van der Waals surface area contributed by atoms with Crippen LogP contribution in [0.4, 0.5) is 0 Å². The lowest BCUT2D eigenvalue weighted by Crippen LogP contribution is -2.23. The smallest absolute Gasteiger partial charge is 0.108 e. The molecule has 0 saturated carbocycles. The molecule has 1 atom stereocenters. The largest absolute Gasteiger partial charge is 0.385 e. The maximum absolute atomic E-state index is 10.6. The van der Waals surface area contributed by atoms with Gasteiger partial charge in [-0.3, -0.25) is 0 Å². The molecule has 0 aliphatic rings. The van der Waals surface area contributed by atoms with Crippen LogP contribution in [0.2, 0.25) is 0 Å². The van der Waals surface area contributed by atoms with Crippen LogP contribution in [0.25, 0.3) is 0 Å². The molecule has 1 unspecified atom stereocenters. The monoisotopic (exact) mass is 308 g/mol. The van der Waals surface area contributed by atoms with Crippen molar-refractivity contribution < 1.29 is 5.11 Å². The fourth-order valence-electron chi connectivity index (χ4n) is 2.03. The van der Waals surface area contributed by atoms with E-state index in [-0.39, 0.29) is 0 Å². The molecule has 0 radical (unpaired) electrons. The Morgan fingerprint density at radius 3 is 2.72 bits per heavy atom. The zero-order chi connectivity index (χ0) is 13.2. The number of hydrogen-bond donors (Lipinski definition) is 1. The van der Waals surface area contributed by atoms with Crippen LogP contribution in [0.3, 0.4) is 0 Å². The predicted molar refractivity (Wildman–Crippen MR) is 75.2 cm³/mol. The van der Waals surface area contributed by atoms with Gasteiger partial charge in [-0.2, -0.15) is 0 Å². The average Bonchev–Trinajstić information content (AvgIpc) is 2.73. The van der Waals surface area contributed by atoms with Crippen LogP contribution >= 0.6 is 15.9 Å². The van der Waals surface area contributed by atoms with E-state index in [0.29, 0.717) is 6.42 Å². The molecule has 1 heterocycles. The van der Waals surface area contributed by atoms with Crippen molar-refractivity contribution in [2.45, 2.75) is 25.4 Å². The van der Waals surface area contributed by atoms with Gasteiger partial charge in [0.05, 0.1) is 5.60 Å². The van der Waals surface area contributed by atoms with E-state index in [9.17, 15) is 5.11 Å². The van der Waals surface area contributed by atoms with Crippen LogP contribution in [0.5, 0.6) is 0 Å². The van der Waals surface area contributed by atoms with Gasteiger partial charge in [0.25, 0.3) is 0 Å². The molecule has 2 aromatic rings. The van der Waals surface area contributed by atoms with E-state index in [2.05, 4.69) is 20.9 Å². The number of imidazole rings is 1. The Morgan fingerprint density at radius 1 is 1.39 bits per heavy atom. The molecule has 0 bridgehead atoms. The second-order valence-electron chi connectivity index (χ2n) is 4.71. The van der Waals surface area contributed by atoms with Crippen LogP contribution in [-0.4, -0.2) is 14.7 Å². The summed E-state index contributed by atoms with van der Waals surface area (Å²) < 4.78 is 2.92. The van der Waals surface area contributed by atoms with Gasteiger partial charge in [-0.1, -0.05) is 34.1 Å². The van der Waals surface area contributed by atoms with E-state index in [1.165, 1.54) is 0 Å². The minimum atomic E-state index is -0.855. The zero-order valence-corrected chi connectivity index (χ0v) is 12.2. The molecule has 0 aliphatic carbocycles. The van der Waals surface area contributed by atoms with Crippen LogP contribution in [0.1, 0.15) is 24.7 Å². The Kier molecular flexibility index (Phi) is 3.88. The van der Waals surface area contributed by atoms with Crippen molar-refractivity contribution in [1.29, 1.82) is 0 Å². The number of nitrogens with zero attached hydrogens (tertiary/aromatic N) is 2. The van der Waals surface area contributed by atoms with Crippen molar-refractivity contribution >= 4 is 15.9 Å². The molecule has 18 heavy (non-hydrogen) atoms. The van der Waals surface area contributed by atoms with Gasteiger partial charge in [0.1, 0.15) is 5.82 Å². The Labute approximate surface area is 116 Å². The average molecular weight is 309 g/mol. The SMILES string of the molecule is Cn1ccnc1CCC(C)(O)c1ccccc1Br. The first-order valence-electron chi connectivity index (χ1n) is 5.94. The molecule has 2 rings (SSSR count). The summed E-state index contributed by atoms with van der Waals surface area (Å²) >= 11 is 3.48. The van der Waals surface area contributed by atoms with E-state index in [1.54, 1.807) is 6.20 Å². The number of benzene rings is 1. The first-order valence-corrected chi connectivity index (χ1v) is 6.73. The molecule has 0 aliphatic heterocycles. The minimum absolute atomic E-state index is 0.639. The van der Waals surface area contributed by atoms with Gasteiger partial charge in [0.15, 0.2) is 0 Å². The number of rotatable bonds is 4. The van der Waals surface area contributed by atoms with Crippen molar-refractivity contribution in [3.05, 3.63) is 52.5 Å². The van der Waals surface area contributed by atoms with Gasteiger partial charge in [-0.15, -0.1) is 0 Å². The van der Waals surface area contributed by atoms with Gasteiger partial charge < -0.3 is 9.67 Å². The fourth-order valence-corrected chi connectivity index (χ4v) is 2.74. The Morgan fingerprint density at radius 2 is 2.11 bits per heavy atom. The number of aryl methyl sites for hydroxylation is 2. The first-order chi connectivity index (χ1) is 8.50. The highest BCUT2D eigenvalue weighted by Gasteiger charge is 2.25. The summed E-state index contributed by atoms with van der Waals surface area (Å²) in [5.41, 5.74) is 0.0608. The van der Waals surface area contributed by atoms with E-state index in [0.717, 1.165) is 22.3 Å². The third kappa shape index (κ3) is 2.82. The highest BCUT2D eigenvalue weighted by Crippen LogP contribution is 2.31. The van der Waals surface area contributed by atoms with Gasteiger partial charge >= 0.3 is 0 Å². The lowest BCUT2D eigenvalue weighted by molar-refractivity contribution is 0.0466. The molecule has 0 spiro atoms. The molecule has 3 nitrogen and oxygen atoms in total. The molecule has 1 N–H and O–H groups in total. The highest BCUT2D eigenvalue weighted by atomic mass is 79.9. The van der Waals surface area contributed by atoms with Crippen molar-refractivity contribution in [2.24, 2.45) is 7.05 Å². The summed E-state index contributed by atoms with van der Waals surface area (Å²) in [4.78, 5) is 4.28. The summed E-state index contributed by atoms with van der Waals surface area (Å²) in [6.07, 6.45) is 5.09. The van der Waals surface area contributed by atoms with Gasteiger partial charge in [-0.25, -0.2) is 4.98 Å². The van der Waals surface area contributed by atoms with Crippen LogP contribution in [0, 0.1) is 0 Å². The molecular weight excluding hydrogens is 292 g/mol. The van der Waals surface area contributed by atoms with Gasteiger partial charge in [0, 0.05) is 30.3 Å². The molecule has 4 heteroatoms. The van der Waals surface area contributed by atoms with E-state index >= 15 is 0 Å². The van der Waals surface area contributed by atoms with Crippen LogP contribution in [-0.2, 0) is 19.1 Å². The maximum Gasteiger partial charge on any atom is 0.108 e. The number of aliphatic hydroxyl groups is 1. The lowest BCUT2D eigenvalue weighted by Gasteiger charge is -2.25. The molecule has 0 fully saturated rings. The second kappa shape index (κ2) is 5.24. The molecular formula is C14H17BrN2O. The molecule has 1 aromatic carbocycles. The Hall–Kier alpha value is -1.13. The van der Waals surface area contributed by atoms with Crippen molar-refractivity contribution in [2.75, 3.05) is 0 Å². The summed E-state index contributed by atoms with van der Waals surface area (Å²) in [6.45, 7) is 1.84. The Balaban J connectivity index is 2.13. The maximum atomic E-state index is 10.6. The molecule has 0 saturated heterocycles. The topological polar surface area (TPSA) is 38.0 Å². The first kappa shape index (κ1) is 13.3. The molecule has 1 aromatic heterocycles. The van der Waals surface area contributed by atoms with Crippen molar-refractivity contribution in [3.63, 3.8) is 0 Å². The van der Waals surface area contributed by atoms with Gasteiger partial charge in [0.2, 0.25) is 0 Å². The van der Waals surface area contributed by atoms with E-state index < -0.39 is 5.60 Å². The van der Waals surface area contributed by atoms with E-state index in [1.807, 2.05) is 49.0 Å². The fraction of sp³-hybridized carbons (Fsp3) is 0.357. The summed E-state index contributed by atoms with van der Waals surface area (Å²) in [6, 6.07) is 7.78.